The summed E-state index contributed by atoms with van der Waals surface area (Å²) in [4.78, 5) is 38.2. The number of nitrogens with zero attached hydrogens (tertiary/aromatic N) is 1. The van der Waals surface area contributed by atoms with Gasteiger partial charge in [0.05, 0.1) is 13.5 Å². The summed E-state index contributed by atoms with van der Waals surface area (Å²) >= 11 is 0. The molecule has 0 N–H and O–H groups in total. The molecule has 0 spiro atoms. The molecule has 22 heavy (non-hydrogen) atoms. The zero-order valence-corrected chi connectivity index (χ0v) is 11.7. The van der Waals surface area contributed by atoms with E-state index in [9.17, 15) is 18.8 Å². The number of ether oxygens (including phenoxy) is 1. The van der Waals surface area contributed by atoms with Crippen LogP contribution >= 0.6 is 0 Å². The van der Waals surface area contributed by atoms with E-state index in [1.807, 2.05) is 0 Å². The Morgan fingerprint density at radius 2 is 1.91 bits per heavy atom. The first-order chi connectivity index (χ1) is 10.5. The lowest BCUT2D eigenvalue weighted by Crippen LogP contribution is -2.20. The van der Waals surface area contributed by atoms with Crippen molar-refractivity contribution in [3.05, 3.63) is 53.5 Å². The van der Waals surface area contributed by atoms with Crippen LogP contribution in [0.5, 0.6) is 0 Å². The first-order valence-electron chi connectivity index (χ1n) is 6.32. The first kappa shape index (κ1) is 15.6. The van der Waals surface area contributed by atoms with E-state index in [1.54, 1.807) is 12.1 Å². The van der Waals surface area contributed by atoms with Crippen molar-refractivity contribution in [1.29, 1.82) is 0 Å². The van der Waals surface area contributed by atoms with Gasteiger partial charge in [-0.15, -0.1) is 0 Å². The summed E-state index contributed by atoms with van der Waals surface area (Å²) in [6.07, 6.45) is 0.651. The highest BCUT2D eigenvalue weighted by Crippen LogP contribution is 2.15. The van der Waals surface area contributed by atoms with E-state index in [4.69, 9.17) is 4.42 Å². The second-order valence-electron chi connectivity index (χ2n) is 4.44. The van der Waals surface area contributed by atoms with Gasteiger partial charge in [-0.1, -0.05) is 12.1 Å². The maximum Gasteiger partial charge on any atom is 0.374 e. The lowest BCUT2D eigenvalue weighted by atomic mass is 10.1. The van der Waals surface area contributed by atoms with E-state index in [0.717, 1.165) is 13.5 Å². The van der Waals surface area contributed by atoms with Crippen molar-refractivity contribution in [3.8, 4) is 0 Å². The van der Waals surface area contributed by atoms with Crippen LogP contribution < -0.4 is 0 Å². The number of benzene rings is 1. The van der Waals surface area contributed by atoms with Gasteiger partial charge in [0.2, 0.25) is 5.78 Å². The van der Waals surface area contributed by atoms with Gasteiger partial charge in [-0.25, -0.2) is 14.2 Å². The molecule has 0 aliphatic carbocycles. The van der Waals surface area contributed by atoms with E-state index in [0.29, 0.717) is 5.56 Å². The van der Waals surface area contributed by atoms with Gasteiger partial charge in [-0.2, -0.15) is 0 Å². The van der Waals surface area contributed by atoms with Gasteiger partial charge >= 0.3 is 5.97 Å². The molecule has 1 aromatic carbocycles. The van der Waals surface area contributed by atoms with Gasteiger partial charge in [0.1, 0.15) is 17.3 Å². The van der Waals surface area contributed by atoms with Crippen LogP contribution in [0.1, 0.15) is 28.2 Å². The Labute approximate surface area is 124 Å². The average molecular weight is 305 g/mol. The first-order valence-corrected chi connectivity index (χ1v) is 6.32. The van der Waals surface area contributed by atoms with E-state index in [-0.39, 0.29) is 23.7 Å². The number of methoxy groups -OCH3 is 1. The Morgan fingerprint density at radius 1 is 1.23 bits per heavy atom. The minimum atomic E-state index is -1.09. The second kappa shape index (κ2) is 6.75. The zero-order chi connectivity index (χ0) is 16.1. The summed E-state index contributed by atoms with van der Waals surface area (Å²) in [5.74, 6) is -2.81. The van der Waals surface area contributed by atoms with Crippen molar-refractivity contribution in [2.45, 2.75) is 12.8 Å². The number of esters is 1. The predicted molar refractivity (Wildman–Crippen MR) is 71.7 cm³/mol. The fourth-order valence-electron chi connectivity index (χ4n) is 1.83. The van der Waals surface area contributed by atoms with Crippen LogP contribution in [0, 0.1) is 5.82 Å². The summed E-state index contributed by atoms with van der Waals surface area (Å²) in [7, 11) is 1.06. The number of carbonyl (C=O) groups excluding carboxylic acids is 3. The molecular formula is C15H12FNO5. The third-order valence-electron chi connectivity index (χ3n) is 2.92. The SMILES string of the molecule is COC(=O)C(=O)CC(=O)c1ncoc1Cc1ccc(F)cc1. The maximum atomic E-state index is 12.9. The van der Waals surface area contributed by atoms with Crippen LogP contribution in [0.4, 0.5) is 4.39 Å². The number of ketones is 2. The van der Waals surface area contributed by atoms with Crippen molar-refractivity contribution in [2.75, 3.05) is 7.11 Å². The van der Waals surface area contributed by atoms with Crippen LogP contribution in [0.25, 0.3) is 0 Å². The Kier molecular flexibility index (Phi) is 4.77. The minimum absolute atomic E-state index is 0.0263. The number of hydrogen-bond donors (Lipinski definition) is 0. The fourth-order valence-corrected chi connectivity index (χ4v) is 1.83. The highest BCUT2D eigenvalue weighted by Gasteiger charge is 2.23. The largest absolute Gasteiger partial charge is 0.463 e. The number of aromatic nitrogens is 1. The van der Waals surface area contributed by atoms with Crippen LogP contribution in [-0.4, -0.2) is 29.6 Å². The molecule has 0 aliphatic rings. The number of carbonyl (C=O) groups is 3. The molecule has 0 fully saturated rings. The lowest BCUT2D eigenvalue weighted by Gasteiger charge is -2.01. The minimum Gasteiger partial charge on any atom is -0.463 e. The molecule has 0 unspecified atom stereocenters. The number of Topliss-reactive ketones (excluding diaryl/α,β-unsaturated/α-hetero) is 2. The van der Waals surface area contributed by atoms with Gasteiger partial charge in [-0.3, -0.25) is 9.59 Å². The summed E-state index contributed by atoms with van der Waals surface area (Å²) in [5.41, 5.74) is 0.688. The van der Waals surface area contributed by atoms with Crippen molar-refractivity contribution >= 4 is 17.5 Å². The average Bonchev–Trinajstić information content (AvgIpc) is 2.96. The van der Waals surface area contributed by atoms with Gasteiger partial charge < -0.3 is 9.15 Å². The Morgan fingerprint density at radius 3 is 2.55 bits per heavy atom. The molecular weight excluding hydrogens is 293 g/mol. The topological polar surface area (TPSA) is 86.5 Å². The van der Waals surface area contributed by atoms with Gasteiger partial charge in [0.25, 0.3) is 0 Å². The van der Waals surface area contributed by atoms with Crippen LogP contribution in [0.3, 0.4) is 0 Å². The molecule has 0 atom stereocenters. The standard InChI is InChI=1S/C15H12FNO5/c1-21-15(20)12(19)7-11(18)14-13(22-8-17-14)6-9-2-4-10(16)5-3-9/h2-5,8H,6-7H2,1H3. The Hall–Kier alpha value is -2.83. The number of hydrogen-bond acceptors (Lipinski definition) is 6. The molecule has 6 nitrogen and oxygen atoms in total. The molecule has 0 amide bonds. The third-order valence-corrected chi connectivity index (χ3v) is 2.92. The molecule has 2 rings (SSSR count). The lowest BCUT2D eigenvalue weighted by molar-refractivity contribution is -0.151. The second-order valence-corrected chi connectivity index (χ2v) is 4.44. The fraction of sp³-hybridized carbons (Fsp3) is 0.200. The molecule has 1 aromatic heterocycles. The molecule has 0 bridgehead atoms. The van der Waals surface area contributed by atoms with E-state index >= 15 is 0 Å². The Bertz CT molecular complexity index is 705. The molecule has 114 valence electrons. The zero-order valence-electron chi connectivity index (χ0n) is 11.7. The summed E-state index contributed by atoms with van der Waals surface area (Å²) in [6.45, 7) is 0. The monoisotopic (exact) mass is 305 g/mol. The normalized spacial score (nSPS) is 10.3. The highest BCUT2D eigenvalue weighted by atomic mass is 19.1. The smallest absolute Gasteiger partial charge is 0.374 e. The number of halogens is 1. The number of rotatable bonds is 6. The summed E-state index contributed by atoms with van der Waals surface area (Å²) < 4.78 is 22.2. The van der Waals surface area contributed by atoms with Gasteiger partial charge in [0.15, 0.2) is 12.2 Å². The van der Waals surface area contributed by atoms with Crippen molar-refractivity contribution in [3.63, 3.8) is 0 Å². The summed E-state index contributed by atoms with van der Waals surface area (Å²) in [5, 5.41) is 0. The molecule has 7 heteroatoms. The molecule has 0 aliphatic heterocycles. The van der Waals surface area contributed by atoms with Crippen LogP contribution in [0.2, 0.25) is 0 Å². The highest BCUT2D eigenvalue weighted by molar-refractivity contribution is 6.38. The molecule has 0 saturated carbocycles. The maximum absolute atomic E-state index is 12.9. The van der Waals surface area contributed by atoms with Gasteiger partial charge in [-0.05, 0) is 17.7 Å². The van der Waals surface area contributed by atoms with Crippen molar-refractivity contribution in [1.82, 2.24) is 4.98 Å². The molecule has 0 saturated heterocycles. The van der Waals surface area contributed by atoms with Crippen LogP contribution in [-0.2, 0) is 20.7 Å². The molecule has 1 heterocycles. The number of oxazole rings is 1. The summed E-state index contributed by atoms with van der Waals surface area (Å²) in [6, 6.07) is 5.67. The van der Waals surface area contributed by atoms with Crippen molar-refractivity contribution < 1.29 is 27.9 Å². The van der Waals surface area contributed by atoms with E-state index < -0.39 is 24.0 Å². The molecule has 0 radical (unpaired) electrons. The molecule has 2 aromatic rings. The van der Waals surface area contributed by atoms with E-state index in [1.165, 1.54) is 12.1 Å². The predicted octanol–water partition coefficient (Wildman–Crippen LogP) is 1.72. The third kappa shape index (κ3) is 3.63. The quantitative estimate of drug-likeness (QED) is 0.349. The van der Waals surface area contributed by atoms with Crippen LogP contribution in [0.15, 0.2) is 35.1 Å². The van der Waals surface area contributed by atoms with E-state index in [2.05, 4.69) is 9.72 Å². The van der Waals surface area contributed by atoms with Crippen molar-refractivity contribution in [2.24, 2.45) is 0 Å². The Balaban J connectivity index is 2.12. The van der Waals surface area contributed by atoms with Gasteiger partial charge in [0, 0.05) is 6.42 Å².